The van der Waals surface area contributed by atoms with Crippen molar-refractivity contribution in [1.82, 2.24) is 14.8 Å². The fourth-order valence-electron chi connectivity index (χ4n) is 3.98. The number of aliphatic imine (C=N–C) groups is 1. The van der Waals surface area contributed by atoms with Gasteiger partial charge in [0.05, 0.1) is 18.5 Å². The number of pyridine rings is 1. The van der Waals surface area contributed by atoms with Gasteiger partial charge in [-0.3, -0.25) is 9.67 Å². The first-order valence-electron chi connectivity index (χ1n) is 9.74. The van der Waals surface area contributed by atoms with Gasteiger partial charge in [-0.05, 0) is 29.3 Å². The number of fused-ring (bicyclic) bond motifs is 1. The molecule has 2 aliphatic rings. The average molecular weight is 393 g/mol. The summed E-state index contributed by atoms with van der Waals surface area (Å²) < 4.78 is 28.8. The van der Waals surface area contributed by atoms with Crippen LogP contribution < -0.4 is 4.90 Å². The molecule has 1 saturated heterocycles. The van der Waals surface area contributed by atoms with Gasteiger partial charge in [0, 0.05) is 62.1 Å². The van der Waals surface area contributed by atoms with Gasteiger partial charge in [-0.2, -0.15) is 5.10 Å². The highest BCUT2D eigenvalue weighted by Gasteiger charge is 2.34. The summed E-state index contributed by atoms with van der Waals surface area (Å²) in [6.45, 7) is 1.28. The molecule has 148 valence electrons. The number of aryl methyl sites for hydroxylation is 1. The fraction of sp³-hybridized carbons (Fsp3) is 0.318. The average Bonchev–Trinajstić information content (AvgIpc) is 3.34. The minimum atomic E-state index is -2.56. The Kier molecular flexibility index (Phi) is 4.19. The van der Waals surface area contributed by atoms with E-state index in [1.807, 2.05) is 36.5 Å². The van der Waals surface area contributed by atoms with Crippen molar-refractivity contribution in [3.8, 4) is 11.1 Å². The third-order valence-electron chi connectivity index (χ3n) is 5.65. The zero-order valence-corrected chi connectivity index (χ0v) is 16.1. The summed E-state index contributed by atoms with van der Waals surface area (Å²) >= 11 is 0. The van der Waals surface area contributed by atoms with Crippen molar-refractivity contribution in [3.05, 3.63) is 65.6 Å². The quantitative estimate of drug-likeness (QED) is 0.674. The Morgan fingerprint density at radius 1 is 1.00 bits per heavy atom. The summed E-state index contributed by atoms with van der Waals surface area (Å²) in [6, 6.07) is 10.3. The molecule has 0 unspecified atom stereocenters. The van der Waals surface area contributed by atoms with Crippen molar-refractivity contribution in [2.45, 2.75) is 25.3 Å². The van der Waals surface area contributed by atoms with Crippen LogP contribution in [0.5, 0.6) is 0 Å². The molecule has 2 aromatic heterocycles. The summed E-state index contributed by atoms with van der Waals surface area (Å²) in [5.41, 5.74) is 6.34. The van der Waals surface area contributed by atoms with E-state index in [0.717, 1.165) is 33.8 Å². The molecule has 0 aliphatic carbocycles. The van der Waals surface area contributed by atoms with Crippen LogP contribution >= 0.6 is 0 Å². The Labute approximate surface area is 167 Å². The molecule has 0 radical (unpaired) electrons. The monoisotopic (exact) mass is 393 g/mol. The predicted molar refractivity (Wildman–Crippen MR) is 109 cm³/mol. The first kappa shape index (κ1) is 18.0. The first-order valence-corrected chi connectivity index (χ1v) is 9.74. The van der Waals surface area contributed by atoms with Gasteiger partial charge in [-0.25, -0.2) is 13.8 Å². The van der Waals surface area contributed by atoms with Crippen LogP contribution in [0.4, 0.5) is 14.6 Å². The van der Waals surface area contributed by atoms with Gasteiger partial charge in [-0.1, -0.05) is 12.1 Å². The SMILES string of the molecule is Cn1cc(-c2ccc3c(c2)C(c2ccnc(N4CCC(F)(F)CC4)c2)=NC3)cn1. The van der Waals surface area contributed by atoms with Gasteiger partial charge in [0.1, 0.15) is 5.82 Å². The molecule has 0 atom stereocenters. The lowest BCUT2D eigenvalue weighted by atomic mass is 9.96. The first-order chi connectivity index (χ1) is 14.0. The second kappa shape index (κ2) is 6.76. The van der Waals surface area contributed by atoms with Gasteiger partial charge in [0.25, 0.3) is 5.92 Å². The molecule has 0 saturated carbocycles. The molecule has 29 heavy (non-hydrogen) atoms. The molecule has 0 bridgehead atoms. The standard InChI is InChI=1S/C22H21F2N5/c1-28-14-18(13-27-28)15-2-3-17-12-26-21(19(17)10-15)16-4-7-25-20(11-16)29-8-5-22(23,24)6-9-29/h2-4,7,10-11,13-14H,5-6,8-9,12H2,1H3. The molecule has 0 N–H and O–H groups in total. The van der Waals surface area contributed by atoms with Crippen LogP contribution in [0.25, 0.3) is 11.1 Å². The number of alkyl halides is 2. The molecule has 1 aromatic carbocycles. The lowest BCUT2D eigenvalue weighted by Gasteiger charge is -2.32. The number of aromatic nitrogens is 3. The number of rotatable bonds is 3. The van der Waals surface area contributed by atoms with E-state index in [4.69, 9.17) is 4.99 Å². The fourth-order valence-corrected chi connectivity index (χ4v) is 3.98. The maximum Gasteiger partial charge on any atom is 0.251 e. The highest BCUT2D eigenvalue weighted by molar-refractivity contribution is 6.15. The van der Waals surface area contributed by atoms with Gasteiger partial charge >= 0.3 is 0 Å². The molecule has 5 rings (SSSR count). The summed E-state index contributed by atoms with van der Waals surface area (Å²) in [4.78, 5) is 11.1. The Hall–Kier alpha value is -3.09. The third kappa shape index (κ3) is 3.41. The van der Waals surface area contributed by atoms with Crippen molar-refractivity contribution in [2.24, 2.45) is 12.0 Å². The van der Waals surface area contributed by atoms with Crippen molar-refractivity contribution in [3.63, 3.8) is 0 Å². The maximum atomic E-state index is 13.5. The van der Waals surface area contributed by atoms with E-state index in [2.05, 4.69) is 28.3 Å². The summed E-state index contributed by atoms with van der Waals surface area (Å²) in [5.74, 6) is -1.83. The minimum Gasteiger partial charge on any atom is -0.356 e. The number of benzene rings is 1. The van der Waals surface area contributed by atoms with Crippen molar-refractivity contribution >= 4 is 11.5 Å². The van der Waals surface area contributed by atoms with Crippen LogP contribution in [0.15, 0.2) is 53.9 Å². The number of hydrogen-bond acceptors (Lipinski definition) is 4. The maximum absolute atomic E-state index is 13.5. The number of nitrogens with zero attached hydrogens (tertiary/aromatic N) is 5. The summed E-state index contributed by atoms with van der Waals surface area (Å²) in [5, 5.41) is 4.26. The van der Waals surface area contributed by atoms with Gasteiger partial charge in [0.2, 0.25) is 0 Å². The van der Waals surface area contributed by atoms with E-state index in [1.54, 1.807) is 10.9 Å². The Morgan fingerprint density at radius 3 is 2.59 bits per heavy atom. The minimum absolute atomic E-state index is 0.128. The highest BCUT2D eigenvalue weighted by atomic mass is 19.3. The normalized spacial score (nSPS) is 17.9. The molecule has 0 spiro atoms. The van der Waals surface area contributed by atoms with Crippen molar-refractivity contribution in [2.75, 3.05) is 18.0 Å². The third-order valence-corrected chi connectivity index (χ3v) is 5.65. The highest BCUT2D eigenvalue weighted by Crippen LogP contribution is 2.32. The van der Waals surface area contributed by atoms with Gasteiger partial charge in [-0.15, -0.1) is 0 Å². The molecule has 2 aliphatic heterocycles. The van der Waals surface area contributed by atoms with E-state index >= 15 is 0 Å². The van der Waals surface area contributed by atoms with E-state index in [0.29, 0.717) is 19.6 Å². The second-order valence-electron chi connectivity index (χ2n) is 7.69. The molecular weight excluding hydrogens is 372 g/mol. The molecule has 7 heteroatoms. The predicted octanol–water partition coefficient (Wildman–Crippen LogP) is 4.07. The van der Waals surface area contributed by atoms with Crippen LogP contribution in [0.1, 0.15) is 29.5 Å². The van der Waals surface area contributed by atoms with Crippen LogP contribution in [0.3, 0.4) is 0 Å². The van der Waals surface area contributed by atoms with Crippen LogP contribution in [0.2, 0.25) is 0 Å². The lowest BCUT2D eigenvalue weighted by Crippen LogP contribution is -2.39. The Balaban J connectivity index is 1.45. The lowest BCUT2D eigenvalue weighted by molar-refractivity contribution is -0.0221. The smallest absolute Gasteiger partial charge is 0.251 e. The van der Waals surface area contributed by atoms with Crippen LogP contribution in [-0.2, 0) is 13.6 Å². The van der Waals surface area contributed by atoms with Gasteiger partial charge < -0.3 is 4.90 Å². The van der Waals surface area contributed by atoms with Crippen LogP contribution in [-0.4, -0.2) is 39.5 Å². The summed E-state index contributed by atoms with van der Waals surface area (Å²) in [7, 11) is 1.90. The molecule has 1 fully saturated rings. The molecule has 5 nitrogen and oxygen atoms in total. The largest absolute Gasteiger partial charge is 0.356 e. The Morgan fingerprint density at radius 2 is 1.83 bits per heavy atom. The number of halogens is 2. The summed E-state index contributed by atoms with van der Waals surface area (Å²) in [6.07, 6.45) is 5.32. The second-order valence-corrected chi connectivity index (χ2v) is 7.69. The number of anilines is 1. The topological polar surface area (TPSA) is 46.3 Å². The van der Waals surface area contributed by atoms with Gasteiger partial charge in [0.15, 0.2) is 0 Å². The zero-order chi connectivity index (χ0) is 20.0. The van der Waals surface area contributed by atoms with E-state index < -0.39 is 5.92 Å². The number of hydrogen-bond donors (Lipinski definition) is 0. The molecular formula is C22H21F2N5. The van der Waals surface area contributed by atoms with E-state index in [-0.39, 0.29) is 12.8 Å². The molecule has 0 amide bonds. The number of piperidine rings is 1. The van der Waals surface area contributed by atoms with Crippen molar-refractivity contribution in [1.29, 1.82) is 0 Å². The van der Waals surface area contributed by atoms with Crippen LogP contribution in [0, 0.1) is 0 Å². The van der Waals surface area contributed by atoms with E-state index in [1.165, 1.54) is 5.56 Å². The zero-order valence-electron chi connectivity index (χ0n) is 16.1. The Bertz CT molecular complexity index is 1090. The molecule has 4 heterocycles. The van der Waals surface area contributed by atoms with Crippen molar-refractivity contribution < 1.29 is 8.78 Å². The van der Waals surface area contributed by atoms with E-state index in [9.17, 15) is 8.78 Å². The molecule has 3 aromatic rings.